The molecule has 0 amide bonds. The summed E-state index contributed by atoms with van der Waals surface area (Å²) in [7, 11) is 0. The fraction of sp³-hybridized carbons (Fsp3) is 1.00. The van der Waals surface area contributed by atoms with Gasteiger partial charge in [0.05, 0.1) is 24.9 Å². The summed E-state index contributed by atoms with van der Waals surface area (Å²) in [5.41, 5.74) is -0.0444. The fourth-order valence-corrected chi connectivity index (χ4v) is 1.33. The van der Waals surface area contributed by atoms with Crippen molar-refractivity contribution < 1.29 is 9.47 Å². The van der Waals surface area contributed by atoms with Crippen LogP contribution in [0.2, 0.25) is 0 Å². The van der Waals surface area contributed by atoms with Crippen molar-refractivity contribution in [2.24, 2.45) is 0 Å². The molecule has 0 aromatic heterocycles. The number of hydrogen-bond acceptors (Lipinski definition) is 3. The molecule has 1 heterocycles. The van der Waals surface area contributed by atoms with Crippen LogP contribution in [0.3, 0.4) is 0 Å². The molecule has 1 N–H and O–H groups in total. The Morgan fingerprint density at radius 1 is 1.31 bits per heavy atom. The Bertz CT molecular complexity index is 136. The SMILES string of the molecule is CC(C)(C)OCCO[C@H]1CCNC1. The molecule has 1 saturated heterocycles. The second-order valence-corrected chi connectivity index (χ2v) is 4.45. The minimum atomic E-state index is -0.0444. The Morgan fingerprint density at radius 3 is 2.62 bits per heavy atom. The number of nitrogens with one attached hydrogen (secondary N) is 1. The first kappa shape index (κ1) is 11.0. The average molecular weight is 187 g/mol. The minimum Gasteiger partial charge on any atom is -0.374 e. The summed E-state index contributed by atoms with van der Waals surface area (Å²) in [4.78, 5) is 0. The zero-order valence-electron chi connectivity index (χ0n) is 8.93. The van der Waals surface area contributed by atoms with Crippen molar-refractivity contribution in [3.63, 3.8) is 0 Å². The smallest absolute Gasteiger partial charge is 0.0712 e. The highest BCUT2D eigenvalue weighted by Crippen LogP contribution is 2.07. The molecule has 0 aromatic rings. The van der Waals surface area contributed by atoms with Crippen LogP contribution >= 0.6 is 0 Å². The normalized spacial score (nSPS) is 23.8. The van der Waals surface area contributed by atoms with Gasteiger partial charge in [0.15, 0.2) is 0 Å². The standard InChI is InChI=1S/C10H21NO2/c1-10(2,3)13-7-6-12-9-4-5-11-8-9/h9,11H,4-8H2,1-3H3/t9-/m0/s1. The van der Waals surface area contributed by atoms with Crippen LogP contribution in [0, 0.1) is 0 Å². The molecule has 1 fully saturated rings. The lowest BCUT2D eigenvalue weighted by Gasteiger charge is -2.20. The molecule has 1 aliphatic rings. The lowest BCUT2D eigenvalue weighted by atomic mass is 10.2. The van der Waals surface area contributed by atoms with E-state index in [0.29, 0.717) is 19.3 Å². The van der Waals surface area contributed by atoms with Crippen molar-refractivity contribution in [1.29, 1.82) is 0 Å². The topological polar surface area (TPSA) is 30.5 Å². The summed E-state index contributed by atoms with van der Waals surface area (Å²) in [6, 6.07) is 0. The summed E-state index contributed by atoms with van der Waals surface area (Å²) in [5, 5.41) is 3.26. The summed E-state index contributed by atoms with van der Waals surface area (Å²) in [6.07, 6.45) is 1.54. The van der Waals surface area contributed by atoms with Crippen molar-refractivity contribution in [3.05, 3.63) is 0 Å². The highest BCUT2D eigenvalue weighted by molar-refractivity contribution is 4.70. The average Bonchev–Trinajstić information content (AvgIpc) is 2.48. The highest BCUT2D eigenvalue weighted by Gasteiger charge is 2.15. The van der Waals surface area contributed by atoms with Gasteiger partial charge in [0.1, 0.15) is 0 Å². The molecular formula is C10H21NO2. The number of rotatable bonds is 4. The Kier molecular flexibility index (Phi) is 4.16. The molecule has 13 heavy (non-hydrogen) atoms. The molecule has 0 saturated carbocycles. The number of hydrogen-bond donors (Lipinski definition) is 1. The summed E-state index contributed by atoms with van der Waals surface area (Å²) >= 11 is 0. The first-order valence-electron chi connectivity index (χ1n) is 5.04. The van der Waals surface area contributed by atoms with Crippen LogP contribution in [-0.2, 0) is 9.47 Å². The van der Waals surface area contributed by atoms with Crippen molar-refractivity contribution in [3.8, 4) is 0 Å². The molecule has 0 unspecified atom stereocenters. The van der Waals surface area contributed by atoms with Gasteiger partial charge in [-0.25, -0.2) is 0 Å². The second-order valence-electron chi connectivity index (χ2n) is 4.45. The van der Waals surface area contributed by atoms with E-state index in [1.165, 1.54) is 0 Å². The van der Waals surface area contributed by atoms with Gasteiger partial charge in [-0.05, 0) is 33.7 Å². The molecule has 1 aliphatic heterocycles. The maximum Gasteiger partial charge on any atom is 0.0712 e. The van der Waals surface area contributed by atoms with E-state index in [-0.39, 0.29) is 5.60 Å². The zero-order chi connectivity index (χ0) is 9.73. The third kappa shape index (κ3) is 5.24. The Balaban J connectivity index is 1.94. The van der Waals surface area contributed by atoms with Crippen molar-refractivity contribution in [1.82, 2.24) is 5.32 Å². The summed E-state index contributed by atoms with van der Waals surface area (Å²) < 4.78 is 11.2. The van der Waals surface area contributed by atoms with Crippen LogP contribution in [0.25, 0.3) is 0 Å². The Hall–Kier alpha value is -0.120. The quantitative estimate of drug-likeness (QED) is 0.670. The second kappa shape index (κ2) is 4.94. The van der Waals surface area contributed by atoms with Crippen LogP contribution in [0.5, 0.6) is 0 Å². The molecular weight excluding hydrogens is 166 g/mol. The maximum absolute atomic E-state index is 5.61. The van der Waals surface area contributed by atoms with Crippen LogP contribution in [0.1, 0.15) is 27.2 Å². The van der Waals surface area contributed by atoms with Gasteiger partial charge in [-0.1, -0.05) is 0 Å². The molecule has 1 atom stereocenters. The largest absolute Gasteiger partial charge is 0.374 e. The monoisotopic (exact) mass is 187 g/mol. The van der Waals surface area contributed by atoms with Gasteiger partial charge in [0.2, 0.25) is 0 Å². The summed E-state index contributed by atoms with van der Waals surface area (Å²) in [5.74, 6) is 0. The molecule has 3 heteroatoms. The molecule has 3 nitrogen and oxygen atoms in total. The van der Waals surface area contributed by atoms with E-state index in [1.54, 1.807) is 0 Å². The lowest BCUT2D eigenvalue weighted by Crippen LogP contribution is -2.24. The third-order valence-corrected chi connectivity index (χ3v) is 1.99. The van der Waals surface area contributed by atoms with E-state index >= 15 is 0 Å². The predicted octanol–water partition coefficient (Wildman–Crippen LogP) is 1.18. The van der Waals surface area contributed by atoms with E-state index < -0.39 is 0 Å². The van der Waals surface area contributed by atoms with Crippen LogP contribution in [0.4, 0.5) is 0 Å². The molecule has 0 aliphatic carbocycles. The van der Waals surface area contributed by atoms with Gasteiger partial charge in [-0.2, -0.15) is 0 Å². The highest BCUT2D eigenvalue weighted by atomic mass is 16.5. The van der Waals surface area contributed by atoms with Gasteiger partial charge in [-0.3, -0.25) is 0 Å². The maximum atomic E-state index is 5.61. The molecule has 0 bridgehead atoms. The number of ether oxygens (including phenoxy) is 2. The van der Waals surface area contributed by atoms with Gasteiger partial charge < -0.3 is 14.8 Å². The van der Waals surface area contributed by atoms with E-state index in [9.17, 15) is 0 Å². The van der Waals surface area contributed by atoms with Crippen molar-refractivity contribution in [2.45, 2.75) is 38.9 Å². The first-order valence-corrected chi connectivity index (χ1v) is 5.04. The fourth-order valence-electron chi connectivity index (χ4n) is 1.33. The third-order valence-electron chi connectivity index (χ3n) is 1.99. The molecule has 78 valence electrons. The van der Waals surface area contributed by atoms with Crippen LogP contribution < -0.4 is 5.32 Å². The first-order chi connectivity index (χ1) is 6.08. The summed E-state index contributed by atoms with van der Waals surface area (Å²) in [6.45, 7) is 9.67. The van der Waals surface area contributed by atoms with Gasteiger partial charge in [0.25, 0.3) is 0 Å². The molecule has 0 spiro atoms. The van der Waals surface area contributed by atoms with Gasteiger partial charge in [0, 0.05) is 6.54 Å². The van der Waals surface area contributed by atoms with Crippen molar-refractivity contribution in [2.75, 3.05) is 26.3 Å². The molecule has 0 radical (unpaired) electrons. The van der Waals surface area contributed by atoms with Crippen LogP contribution in [-0.4, -0.2) is 38.0 Å². The van der Waals surface area contributed by atoms with Crippen LogP contribution in [0.15, 0.2) is 0 Å². The molecule has 0 aromatic carbocycles. The zero-order valence-corrected chi connectivity index (χ0v) is 8.93. The predicted molar refractivity (Wildman–Crippen MR) is 52.9 cm³/mol. The van der Waals surface area contributed by atoms with E-state index in [0.717, 1.165) is 19.5 Å². The minimum absolute atomic E-state index is 0.0444. The van der Waals surface area contributed by atoms with E-state index in [1.807, 2.05) is 0 Å². The Morgan fingerprint density at radius 2 is 2.08 bits per heavy atom. The van der Waals surface area contributed by atoms with Gasteiger partial charge in [-0.15, -0.1) is 0 Å². The van der Waals surface area contributed by atoms with Gasteiger partial charge >= 0.3 is 0 Å². The van der Waals surface area contributed by atoms with Crippen molar-refractivity contribution >= 4 is 0 Å². The molecule has 1 rings (SSSR count). The van der Waals surface area contributed by atoms with E-state index in [2.05, 4.69) is 26.1 Å². The van der Waals surface area contributed by atoms with E-state index in [4.69, 9.17) is 9.47 Å². The Labute approximate surface area is 80.8 Å². The lowest BCUT2D eigenvalue weighted by molar-refractivity contribution is -0.0480.